The number of anilines is 1. The first-order valence-corrected chi connectivity index (χ1v) is 7.42. The molecule has 0 aromatic heterocycles. The quantitative estimate of drug-likeness (QED) is 0.644. The topological polar surface area (TPSA) is 3.24 Å². The number of halogens is 3. The minimum atomic E-state index is -4.25. The summed E-state index contributed by atoms with van der Waals surface area (Å²) in [6, 6.07) is 4.41. The highest BCUT2D eigenvalue weighted by atomic mass is 19.4. The van der Waals surface area contributed by atoms with Crippen molar-refractivity contribution >= 4 is 5.69 Å². The van der Waals surface area contributed by atoms with E-state index < -0.39 is 11.7 Å². The van der Waals surface area contributed by atoms with Crippen LogP contribution in [0.2, 0.25) is 0 Å². The number of nitrogens with zero attached hydrogens (tertiary/aromatic N) is 1. The Bertz CT molecular complexity index is 380. The Labute approximate surface area is 120 Å². The first-order valence-electron chi connectivity index (χ1n) is 7.42. The first kappa shape index (κ1) is 18.8. The van der Waals surface area contributed by atoms with Crippen molar-refractivity contribution in [2.75, 3.05) is 18.0 Å². The van der Waals surface area contributed by atoms with E-state index in [0.717, 1.165) is 37.7 Å². The highest BCUT2D eigenvalue weighted by Crippen LogP contribution is 2.36. The molecule has 1 aromatic carbocycles. The van der Waals surface area contributed by atoms with Crippen LogP contribution >= 0.6 is 0 Å². The molecule has 0 unspecified atom stereocenters. The molecular weight excluding hydrogens is 263 g/mol. The van der Waals surface area contributed by atoms with Crippen molar-refractivity contribution < 1.29 is 13.2 Å². The Morgan fingerprint density at radius 1 is 0.950 bits per heavy atom. The van der Waals surface area contributed by atoms with E-state index in [1.165, 1.54) is 6.07 Å². The summed E-state index contributed by atoms with van der Waals surface area (Å²) in [4.78, 5) is 2.03. The normalized spacial score (nSPS) is 14.1. The van der Waals surface area contributed by atoms with Gasteiger partial charge in [-0.15, -0.1) is 0 Å². The Kier molecular flexibility index (Phi) is 8.35. The van der Waals surface area contributed by atoms with Crippen LogP contribution in [0.4, 0.5) is 18.9 Å². The molecule has 0 bridgehead atoms. The monoisotopic (exact) mass is 289 g/mol. The van der Waals surface area contributed by atoms with Crippen molar-refractivity contribution in [3.05, 3.63) is 29.3 Å². The first-order chi connectivity index (χ1) is 9.50. The second-order valence-corrected chi connectivity index (χ2v) is 4.14. The molecule has 1 fully saturated rings. The summed E-state index contributed by atoms with van der Waals surface area (Å²) in [5.41, 5.74) is 0.557. The van der Waals surface area contributed by atoms with Gasteiger partial charge in [0, 0.05) is 18.8 Å². The van der Waals surface area contributed by atoms with Crippen LogP contribution < -0.4 is 4.90 Å². The minimum Gasteiger partial charge on any atom is -0.371 e. The fraction of sp³-hybridized carbons (Fsp3) is 0.625. The van der Waals surface area contributed by atoms with Crippen molar-refractivity contribution in [1.82, 2.24) is 0 Å². The lowest BCUT2D eigenvalue weighted by molar-refractivity contribution is -0.138. The summed E-state index contributed by atoms with van der Waals surface area (Å²) in [7, 11) is 0. The van der Waals surface area contributed by atoms with Gasteiger partial charge in [-0.1, -0.05) is 33.8 Å². The lowest BCUT2D eigenvalue weighted by Crippen LogP contribution is -2.20. The third-order valence-corrected chi connectivity index (χ3v) is 3.06. The maximum absolute atomic E-state index is 12.7. The van der Waals surface area contributed by atoms with E-state index in [-0.39, 0.29) is 0 Å². The van der Waals surface area contributed by atoms with Crippen molar-refractivity contribution in [1.29, 1.82) is 0 Å². The predicted molar refractivity (Wildman–Crippen MR) is 80.3 cm³/mol. The predicted octanol–water partition coefficient (Wildman–Crippen LogP) is 5.67. The number of benzene rings is 1. The lowest BCUT2D eigenvalue weighted by Gasteiger charge is -2.22. The van der Waals surface area contributed by atoms with Gasteiger partial charge < -0.3 is 4.90 Å². The highest BCUT2D eigenvalue weighted by Gasteiger charge is 2.33. The van der Waals surface area contributed by atoms with Crippen LogP contribution in [0.15, 0.2) is 18.2 Å². The Morgan fingerprint density at radius 3 is 1.90 bits per heavy atom. The molecule has 0 N–H and O–H groups in total. The van der Waals surface area contributed by atoms with Crippen molar-refractivity contribution in [3.8, 4) is 0 Å². The largest absolute Gasteiger partial charge is 0.416 e. The Balaban J connectivity index is 0.000000829. The van der Waals surface area contributed by atoms with Gasteiger partial charge in [0.05, 0.1) is 5.56 Å². The third-order valence-electron chi connectivity index (χ3n) is 3.06. The second-order valence-electron chi connectivity index (χ2n) is 4.14. The van der Waals surface area contributed by atoms with Gasteiger partial charge in [-0.3, -0.25) is 0 Å². The van der Waals surface area contributed by atoms with Crippen LogP contribution in [-0.2, 0) is 6.18 Å². The molecule has 1 heterocycles. The van der Waals surface area contributed by atoms with E-state index in [9.17, 15) is 13.2 Å². The van der Waals surface area contributed by atoms with Crippen LogP contribution in [0.5, 0.6) is 0 Å². The third kappa shape index (κ3) is 4.73. The van der Waals surface area contributed by atoms with Crippen LogP contribution in [-0.4, -0.2) is 13.1 Å². The summed E-state index contributed by atoms with van der Waals surface area (Å²) in [5, 5.41) is 0. The maximum atomic E-state index is 12.7. The molecule has 0 radical (unpaired) electrons. The number of alkyl halides is 3. The maximum Gasteiger partial charge on any atom is 0.416 e. The van der Waals surface area contributed by atoms with Gasteiger partial charge in [0.2, 0.25) is 0 Å². The molecule has 0 saturated carbocycles. The zero-order chi connectivity index (χ0) is 15.8. The molecule has 1 nitrogen and oxygen atoms in total. The fourth-order valence-electron chi connectivity index (χ4n) is 2.23. The molecule has 1 aromatic rings. The summed E-state index contributed by atoms with van der Waals surface area (Å²) < 4.78 is 38.1. The highest BCUT2D eigenvalue weighted by molar-refractivity contribution is 5.57. The average molecular weight is 289 g/mol. The molecule has 0 atom stereocenters. The van der Waals surface area contributed by atoms with Crippen molar-refractivity contribution in [3.63, 3.8) is 0 Å². The molecule has 2 rings (SSSR count). The van der Waals surface area contributed by atoms with E-state index in [2.05, 4.69) is 0 Å². The molecular formula is C16H26F3N. The van der Waals surface area contributed by atoms with Crippen LogP contribution in [0.25, 0.3) is 0 Å². The van der Waals surface area contributed by atoms with Gasteiger partial charge in [-0.2, -0.15) is 13.2 Å². The Morgan fingerprint density at radius 2 is 1.45 bits per heavy atom. The smallest absolute Gasteiger partial charge is 0.371 e. The molecule has 116 valence electrons. The van der Waals surface area contributed by atoms with Gasteiger partial charge in [0.15, 0.2) is 0 Å². The fourth-order valence-corrected chi connectivity index (χ4v) is 2.23. The molecule has 0 amide bonds. The molecule has 0 spiro atoms. The number of hydrogen-bond acceptors (Lipinski definition) is 1. The van der Waals surface area contributed by atoms with E-state index in [1.807, 2.05) is 32.6 Å². The van der Waals surface area contributed by atoms with Crippen LogP contribution in [0.1, 0.15) is 51.7 Å². The lowest BCUT2D eigenvalue weighted by atomic mass is 10.1. The standard InChI is InChI=1S/C12H14F3N.2C2H6/c1-9-10(12(13,14)15)5-4-6-11(9)16-7-2-3-8-16;2*1-2/h4-6H,2-3,7-8H2,1H3;2*1-2H3. The van der Waals surface area contributed by atoms with Gasteiger partial charge in [0.1, 0.15) is 0 Å². The van der Waals surface area contributed by atoms with Gasteiger partial charge in [-0.05, 0) is 37.5 Å². The summed E-state index contributed by atoms with van der Waals surface area (Å²) >= 11 is 0. The van der Waals surface area contributed by atoms with Crippen molar-refractivity contribution in [2.24, 2.45) is 0 Å². The van der Waals surface area contributed by atoms with Gasteiger partial charge >= 0.3 is 6.18 Å². The van der Waals surface area contributed by atoms with Gasteiger partial charge in [-0.25, -0.2) is 0 Å². The summed E-state index contributed by atoms with van der Waals surface area (Å²) in [5.74, 6) is 0. The van der Waals surface area contributed by atoms with Gasteiger partial charge in [0.25, 0.3) is 0 Å². The number of hydrogen-bond donors (Lipinski definition) is 0. The van der Waals surface area contributed by atoms with Crippen LogP contribution in [0.3, 0.4) is 0 Å². The van der Waals surface area contributed by atoms with E-state index in [1.54, 1.807) is 13.0 Å². The SMILES string of the molecule is CC.CC.Cc1c(N2CCCC2)cccc1C(F)(F)F. The van der Waals surface area contributed by atoms with Crippen molar-refractivity contribution in [2.45, 2.75) is 53.6 Å². The summed E-state index contributed by atoms with van der Waals surface area (Å²) in [6.07, 6.45) is -2.12. The van der Waals surface area contributed by atoms with E-state index in [4.69, 9.17) is 0 Å². The molecule has 1 aliphatic heterocycles. The van der Waals surface area contributed by atoms with E-state index in [0.29, 0.717) is 5.56 Å². The minimum absolute atomic E-state index is 0.344. The molecule has 1 saturated heterocycles. The number of rotatable bonds is 1. The average Bonchev–Trinajstić information content (AvgIpc) is 2.96. The molecule has 4 heteroatoms. The molecule has 20 heavy (non-hydrogen) atoms. The second kappa shape index (κ2) is 8.88. The molecule has 0 aliphatic carbocycles. The summed E-state index contributed by atoms with van der Waals surface area (Å²) in [6.45, 7) is 11.3. The zero-order valence-corrected chi connectivity index (χ0v) is 13.1. The van der Waals surface area contributed by atoms with Crippen LogP contribution in [0, 0.1) is 6.92 Å². The zero-order valence-electron chi connectivity index (χ0n) is 13.1. The Hall–Kier alpha value is -1.19. The molecule has 1 aliphatic rings. The van der Waals surface area contributed by atoms with E-state index >= 15 is 0 Å².